The van der Waals surface area contributed by atoms with Crippen molar-refractivity contribution in [3.05, 3.63) is 34.4 Å². The van der Waals surface area contributed by atoms with E-state index in [9.17, 15) is 5.11 Å². The molecule has 0 amide bonds. The molecule has 1 aromatic carbocycles. The summed E-state index contributed by atoms with van der Waals surface area (Å²) in [6.07, 6.45) is 2.45. The maximum absolute atomic E-state index is 10.4. The lowest BCUT2D eigenvalue weighted by Crippen LogP contribution is -2.62. The number of hydrogen-bond acceptors (Lipinski definition) is 2. The molecule has 2 heteroatoms. The molecule has 116 valence electrons. The van der Waals surface area contributed by atoms with Gasteiger partial charge in [-0.25, -0.2) is 0 Å². The summed E-state index contributed by atoms with van der Waals surface area (Å²) in [5.74, 6) is 0.583. The first-order valence-corrected chi connectivity index (χ1v) is 8.24. The van der Waals surface area contributed by atoms with Gasteiger partial charge in [-0.1, -0.05) is 32.9 Å². The van der Waals surface area contributed by atoms with Crippen molar-refractivity contribution in [2.45, 2.75) is 65.0 Å². The highest BCUT2D eigenvalue weighted by atomic mass is 16.3. The molecule has 2 aliphatic rings. The van der Waals surface area contributed by atoms with Crippen molar-refractivity contribution in [3.8, 4) is 0 Å². The van der Waals surface area contributed by atoms with Crippen molar-refractivity contribution in [1.29, 1.82) is 0 Å². The molecule has 1 saturated heterocycles. The van der Waals surface area contributed by atoms with E-state index in [-0.39, 0.29) is 11.0 Å². The highest BCUT2D eigenvalue weighted by Crippen LogP contribution is 2.45. The van der Waals surface area contributed by atoms with E-state index < -0.39 is 0 Å². The van der Waals surface area contributed by atoms with Crippen LogP contribution in [0.15, 0.2) is 12.1 Å². The lowest BCUT2D eigenvalue weighted by Gasteiger charge is -2.47. The first kappa shape index (κ1) is 15.1. The van der Waals surface area contributed by atoms with Gasteiger partial charge >= 0.3 is 0 Å². The Hall–Kier alpha value is -0.860. The lowest BCUT2D eigenvalue weighted by molar-refractivity contribution is -0.116. The predicted octanol–water partition coefficient (Wildman–Crippen LogP) is 3.56. The SMILES string of the molecule is Cc1cc(C(C)(C)C)cc(C)c1CN1CC(O)(C2CC2)C1. The third kappa shape index (κ3) is 2.89. The summed E-state index contributed by atoms with van der Waals surface area (Å²) in [6, 6.07) is 4.68. The Bertz CT molecular complexity index is 522. The van der Waals surface area contributed by atoms with Crippen LogP contribution in [0, 0.1) is 19.8 Å². The Balaban J connectivity index is 1.72. The zero-order valence-electron chi connectivity index (χ0n) is 14.2. The average Bonchev–Trinajstić information content (AvgIpc) is 3.13. The Morgan fingerprint density at radius 2 is 1.67 bits per heavy atom. The minimum atomic E-state index is -0.368. The predicted molar refractivity (Wildman–Crippen MR) is 87.6 cm³/mol. The van der Waals surface area contributed by atoms with Crippen LogP contribution in [0.2, 0.25) is 0 Å². The smallest absolute Gasteiger partial charge is 0.0928 e. The first-order chi connectivity index (χ1) is 9.69. The van der Waals surface area contributed by atoms with Gasteiger partial charge < -0.3 is 5.11 Å². The number of β-amino-alcohol motifs (C(OH)–C–C–N with tert-alkyl or cyclic N) is 1. The van der Waals surface area contributed by atoms with E-state index in [0.717, 1.165) is 19.6 Å². The Morgan fingerprint density at radius 1 is 1.14 bits per heavy atom. The van der Waals surface area contributed by atoms with Gasteiger partial charge in [0, 0.05) is 19.6 Å². The molecule has 0 radical (unpaired) electrons. The van der Waals surface area contributed by atoms with Crippen molar-refractivity contribution in [2.24, 2.45) is 5.92 Å². The van der Waals surface area contributed by atoms with Gasteiger partial charge in [-0.3, -0.25) is 4.90 Å². The van der Waals surface area contributed by atoms with Gasteiger partial charge in [0.1, 0.15) is 0 Å². The molecular formula is C19H29NO. The standard InChI is InChI=1S/C19H29NO/c1-13-8-16(18(3,4)5)9-14(2)17(13)10-20-11-19(21,12-20)15-6-7-15/h8-9,15,21H,6-7,10-12H2,1-5H3. The van der Waals surface area contributed by atoms with Crippen molar-refractivity contribution in [2.75, 3.05) is 13.1 Å². The third-order valence-corrected chi connectivity index (χ3v) is 5.28. The molecule has 3 rings (SSSR count). The molecule has 1 heterocycles. The molecule has 1 N–H and O–H groups in total. The van der Waals surface area contributed by atoms with Crippen molar-refractivity contribution < 1.29 is 5.11 Å². The largest absolute Gasteiger partial charge is 0.387 e. The summed E-state index contributed by atoms with van der Waals surface area (Å²) >= 11 is 0. The van der Waals surface area contributed by atoms with Gasteiger partial charge in [0.25, 0.3) is 0 Å². The van der Waals surface area contributed by atoms with Crippen LogP contribution >= 0.6 is 0 Å². The summed E-state index contributed by atoms with van der Waals surface area (Å²) < 4.78 is 0. The summed E-state index contributed by atoms with van der Waals surface area (Å²) in [7, 11) is 0. The van der Waals surface area contributed by atoms with E-state index >= 15 is 0 Å². The summed E-state index contributed by atoms with van der Waals surface area (Å²) in [5, 5.41) is 10.4. The zero-order valence-corrected chi connectivity index (χ0v) is 14.2. The van der Waals surface area contributed by atoms with Gasteiger partial charge in [0.05, 0.1) is 5.60 Å². The van der Waals surface area contributed by atoms with Crippen LogP contribution in [-0.4, -0.2) is 28.7 Å². The molecule has 1 aliphatic heterocycles. The fraction of sp³-hybridized carbons (Fsp3) is 0.684. The fourth-order valence-electron chi connectivity index (χ4n) is 3.62. The molecular weight excluding hydrogens is 258 g/mol. The van der Waals surface area contributed by atoms with Crippen molar-refractivity contribution in [1.82, 2.24) is 4.90 Å². The summed E-state index contributed by atoms with van der Waals surface area (Å²) in [5.41, 5.74) is 5.48. The van der Waals surface area contributed by atoms with Gasteiger partial charge in [-0.05, 0) is 60.3 Å². The Morgan fingerprint density at radius 3 is 2.10 bits per heavy atom. The maximum atomic E-state index is 10.4. The number of benzene rings is 1. The maximum Gasteiger partial charge on any atom is 0.0928 e. The highest BCUT2D eigenvalue weighted by Gasteiger charge is 2.51. The zero-order chi connectivity index (χ0) is 15.4. The van der Waals surface area contributed by atoms with Crippen LogP contribution in [-0.2, 0) is 12.0 Å². The minimum absolute atomic E-state index is 0.205. The van der Waals surface area contributed by atoms with Crippen LogP contribution < -0.4 is 0 Å². The molecule has 1 aromatic rings. The lowest BCUT2D eigenvalue weighted by atomic mass is 9.83. The van der Waals surface area contributed by atoms with Crippen LogP contribution in [0.3, 0.4) is 0 Å². The van der Waals surface area contributed by atoms with Crippen LogP contribution in [0.5, 0.6) is 0 Å². The van der Waals surface area contributed by atoms with Gasteiger partial charge in [0.15, 0.2) is 0 Å². The van der Waals surface area contributed by atoms with E-state index in [1.54, 1.807) is 0 Å². The summed E-state index contributed by atoms with van der Waals surface area (Å²) in [4.78, 5) is 2.39. The van der Waals surface area contributed by atoms with Gasteiger partial charge in [-0.2, -0.15) is 0 Å². The Kier molecular flexibility index (Phi) is 3.46. The molecule has 1 aliphatic carbocycles. The minimum Gasteiger partial charge on any atom is -0.387 e. The first-order valence-electron chi connectivity index (χ1n) is 8.24. The number of rotatable bonds is 3. The summed E-state index contributed by atoms with van der Waals surface area (Å²) in [6.45, 7) is 14.0. The fourth-order valence-corrected chi connectivity index (χ4v) is 3.62. The van der Waals surface area contributed by atoms with Crippen LogP contribution in [0.4, 0.5) is 0 Å². The Labute approximate surface area is 129 Å². The number of nitrogens with zero attached hydrogens (tertiary/aromatic N) is 1. The topological polar surface area (TPSA) is 23.5 Å². The number of aliphatic hydroxyl groups is 1. The van der Waals surface area contributed by atoms with Crippen LogP contribution in [0.25, 0.3) is 0 Å². The number of hydrogen-bond donors (Lipinski definition) is 1. The second-order valence-corrected chi connectivity index (χ2v) is 8.36. The second kappa shape index (κ2) is 4.82. The van der Waals surface area contributed by atoms with E-state index in [0.29, 0.717) is 5.92 Å². The van der Waals surface area contributed by atoms with E-state index in [1.807, 2.05) is 0 Å². The number of likely N-dealkylation sites (tertiary alicyclic amines) is 1. The van der Waals surface area contributed by atoms with Crippen molar-refractivity contribution in [3.63, 3.8) is 0 Å². The van der Waals surface area contributed by atoms with E-state index in [4.69, 9.17) is 0 Å². The van der Waals surface area contributed by atoms with Gasteiger partial charge in [-0.15, -0.1) is 0 Å². The van der Waals surface area contributed by atoms with E-state index in [1.165, 1.54) is 35.1 Å². The second-order valence-electron chi connectivity index (χ2n) is 8.36. The number of aryl methyl sites for hydroxylation is 2. The highest BCUT2D eigenvalue weighted by molar-refractivity contribution is 5.40. The normalized spacial score (nSPS) is 22.2. The van der Waals surface area contributed by atoms with Crippen LogP contribution in [0.1, 0.15) is 55.9 Å². The molecule has 0 atom stereocenters. The van der Waals surface area contributed by atoms with Gasteiger partial charge in [0.2, 0.25) is 0 Å². The molecule has 1 saturated carbocycles. The quantitative estimate of drug-likeness (QED) is 0.919. The third-order valence-electron chi connectivity index (χ3n) is 5.28. The average molecular weight is 287 g/mol. The van der Waals surface area contributed by atoms with E-state index in [2.05, 4.69) is 51.7 Å². The van der Waals surface area contributed by atoms with Crippen molar-refractivity contribution >= 4 is 0 Å². The molecule has 2 fully saturated rings. The molecule has 21 heavy (non-hydrogen) atoms. The molecule has 2 nitrogen and oxygen atoms in total. The monoisotopic (exact) mass is 287 g/mol. The molecule has 0 bridgehead atoms. The molecule has 0 unspecified atom stereocenters. The molecule has 0 aromatic heterocycles. The molecule has 0 spiro atoms.